The van der Waals surface area contributed by atoms with Gasteiger partial charge in [0, 0.05) is 5.41 Å². The summed E-state index contributed by atoms with van der Waals surface area (Å²) in [6.07, 6.45) is 12.7. The molecule has 1 N–H and O–H groups in total. The Kier molecular flexibility index (Phi) is 4.68. The van der Waals surface area contributed by atoms with Gasteiger partial charge in [-0.15, -0.1) is 0 Å². The van der Waals surface area contributed by atoms with E-state index in [2.05, 4.69) is 13.0 Å². The summed E-state index contributed by atoms with van der Waals surface area (Å²) in [5, 5.41) is 9.85. The average Bonchev–Trinajstić information content (AvgIpc) is 3.04. The maximum absolute atomic E-state index is 12.8. The number of carbonyl (C=O) groups excluding carboxylic acids is 1. The molecular formula is C25H34O3. The Balaban J connectivity index is 1.33. The number of aromatic hydroxyl groups is 1. The molecule has 1 aromatic rings. The molecule has 4 aliphatic carbocycles. The van der Waals surface area contributed by atoms with Crippen LogP contribution in [0.25, 0.3) is 0 Å². The third-order valence-corrected chi connectivity index (χ3v) is 8.82. The number of hydrogen-bond acceptors (Lipinski definition) is 3. The molecule has 0 aliphatic heterocycles. The Labute approximate surface area is 168 Å². The lowest BCUT2D eigenvalue weighted by Crippen LogP contribution is -2.45. The van der Waals surface area contributed by atoms with E-state index in [9.17, 15) is 9.90 Å². The zero-order valence-corrected chi connectivity index (χ0v) is 17.2. The summed E-state index contributed by atoms with van der Waals surface area (Å²) in [6, 6.07) is 6.00. The van der Waals surface area contributed by atoms with Crippen LogP contribution in [0.3, 0.4) is 0 Å². The minimum absolute atomic E-state index is 0.0955. The van der Waals surface area contributed by atoms with E-state index < -0.39 is 0 Å². The largest absolute Gasteiger partial charge is 0.508 e. The molecule has 3 saturated carbocycles. The van der Waals surface area contributed by atoms with Crippen molar-refractivity contribution in [2.75, 3.05) is 0 Å². The van der Waals surface area contributed by atoms with Gasteiger partial charge in [-0.3, -0.25) is 4.79 Å². The predicted molar refractivity (Wildman–Crippen MR) is 109 cm³/mol. The Morgan fingerprint density at radius 2 is 1.89 bits per heavy atom. The van der Waals surface area contributed by atoms with E-state index in [1.165, 1.54) is 49.7 Å². The molecule has 0 amide bonds. The van der Waals surface area contributed by atoms with Crippen molar-refractivity contribution < 1.29 is 14.6 Å². The van der Waals surface area contributed by atoms with Crippen molar-refractivity contribution in [1.82, 2.24) is 0 Å². The van der Waals surface area contributed by atoms with Crippen molar-refractivity contribution in [2.24, 2.45) is 23.2 Å². The number of hydrogen-bond donors (Lipinski definition) is 1. The van der Waals surface area contributed by atoms with Gasteiger partial charge in [0.2, 0.25) is 0 Å². The van der Waals surface area contributed by atoms with E-state index >= 15 is 0 Å². The van der Waals surface area contributed by atoms with Gasteiger partial charge >= 0.3 is 5.97 Å². The highest BCUT2D eigenvalue weighted by molar-refractivity contribution is 5.72. The van der Waals surface area contributed by atoms with Crippen LogP contribution < -0.4 is 0 Å². The fraction of sp³-hybridized carbons (Fsp3) is 0.720. The van der Waals surface area contributed by atoms with E-state index in [0.29, 0.717) is 23.5 Å². The topological polar surface area (TPSA) is 46.5 Å². The van der Waals surface area contributed by atoms with Crippen LogP contribution in [0.5, 0.6) is 5.75 Å². The predicted octanol–water partition coefficient (Wildman–Crippen LogP) is 5.74. The molecule has 3 nitrogen and oxygen atoms in total. The van der Waals surface area contributed by atoms with Gasteiger partial charge in [0.05, 0.1) is 5.92 Å². The summed E-state index contributed by atoms with van der Waals surface area (Å²) in [6.45, 7) is 2.41. The number of aryl methyl sites for hydroxylation is 1. The van der Waals surface area contributed by atoms with Gasteiger partial charge in [0.15, 0.2) is 0 Å². The van der Waals surface area contributed by atoms with Crippen molar-refractivity contribution >= 4 is 5.97 Å². The van der Waals surface area contributed by atoms with Gasteiger partial charge in [-0.05, 0) is 92.4 Å². The monoisotopic (exact) mass is 382 g/mol. The van der Waals surface area contributed by atoms with Crippen LogP contribution in [-0.2, 0) is 16.0 Å². The maximum atomic E-state index is 12.8. The molecule has 3 heteroatoms. The highest BCUT2D eigenvalue weighted by Crippen LogP contribution is 2.61. The summed E-state index contributed by atoms with van der Waals surface area (Å²) >= 11 is 0. The van der Waals surface area contributed by atoms with Crippen LogP contribution in [0, 0.1) is 23.2 Å². The van der Waals surface area contributed by atoms with Crippen molar-refractivity contribution in [3.63, 3.8) is 0 Å². The minimum Gasteiger partial charge on any atom is -0.508 e. The highest BCUT2D eigenvalue weighted by Gasteiger charge is 2.56. The number of benzene rings is 1. The molecule has 0 unspecified atom stereocenters. The molecule has 28 heavy (non-hydrogen) atoms. The molecule has 0 saturated heterocycles. The number of ether oxygens (including phenoxy) is 1. The van der Waals surface area contributed by atoms with E-state index in [1.807, 2.05) is 12.1 Å². The van der Waals surface area contributed by atoms with Crippen LogP contribution >= 0.6 is 0 Å². The smallest absolute Gasteiger partial charge is 0.309 e. The zero-order valence-electron chi connectivity index (χ0n) is 17.2. The zero-order chi connectivity index (χ0) is 19.3. The molecule has 3 fully saturated rings. The molecular weight excluding hydrogens is 348 g/mol. The molecule has 1 aromatic carbocycles. The number of esters is 1. The first-order valence-corrected chi connectivity index (χ1v) is 11.6. The number of rotatable bonds is 2. The van der Waals surface area contributed by atoms with Crippen molar-refractivity contribution in [3.05, 3.63) is 29.3 Å². The lowest BCUT2D eigenvalue weighted by atomic mass is 9.55. The second kappa shape index (κ2) is 7.07. The number of phenols is 1. The first kappa shape index (κ1) is 18.5. The van der Waals surface area contributed by atoms with Crippen LogP contribution in [0.2, 0.25) is 0 Å². The van der Waals surface area contributed by atoms with E-state index in [4.69, 9.17) is 4.74 Å². The standard InChI is InChI=1S/C25H34O3/c1-25-14-13-20-19-10-8-18(26)15-17(19)7-9-21(20)22(25)11-12-23(25)28-24(27)16-5-3-2-4-6-16/h8,10,15-16,20-23,26H,2-7,9,11-14H2,1H3/t20-,21+,22-,23-,25-/m0/s1. The Morgan fingerprint density at radius 1 is 1.07 bits per heavy atom. The lowest BCUT2D eigenvalue weighted by Gasteiger charge is -2.50. The fourth-order valence-corrected chi connectivity index (χ4v) is 7.29. The summed E-state index contributed by atoms with van der Waals surface area (Å²) in [5.74, 6) is 2.63. The third-order valence-electron chi connectivity index (χ3n) is 8.82. The Hall–Kier alpha value is -1.51. The summed E-state index contributed by atoms with van der Waals surface area (Å²) in [7, 11) is 0. The number of phenolic OH excluding ortho intramolecular Hbond substituents is 1. The Bertz CT molecular complexity index is 750. The van der Waals surface area contributed by atoms with E-state index in [1.54, 1.807) is 0 Å². The highest BCUT2D eigenvalue weighted by atomic mass is 16.5. The second-order valence-corrected chi connectivity index (χ2v) is 10.2. The summed E-state index contributed by atoms with van der Waals surface area (Å²) in [4.78, 5) is 12.8. The number of carbonyl (C=O) groups is 1. The van der Waals surface area contributed by atoms with Gasteiger partial charge in [-0.25, -0.2) is 0 Å². The molecule has 0 aromatic heterocycles. The lowest BCUT2D eigenvalue weighted by molar-refractivity contribution is -0.163. The van der Waals surface area contributed by atoms with Gasteiger partial charge in [0.25, 0.3) is 0 Å². The van der Waals surface area contributed by atoms with Crippen molar-refractivity contribution in [3.8, 4) is 5.75 Å². The van der Waals surface area contributed by atoms with Gasteiger partial charge in [-0.1, -0.05) is 32.3 Å². The molecule has 0 heterocycles. The van der Waals surface area contributed by atoms with Gasteiger partial charge in [-0.2, -0.15) is 0 Å². The molecule has 4 aliphatic rings. The van der Waals surface area contributed by atoms with Crippen LogP contribution in [-0.4, -0.2) is 17.2 Å². The second-order valence-electron chi connectivity index (χ2n) is 10.2. The quantitative estimate of drug-likeness (QED) is 0.663. The normalized spacial score (nSPS) is 37.6. The van der Waals surface area contributed by atoms with Gasteiger partial charge in [0.1, 0.15) is 11.9 Å². The van der Waals surface area contributed by atoms with Crippen LogP contribution in [0.4, 0.5) is 0 Å². The SMILES string of the molecule is C[C@]12CC[C@H]3c4ccc(O)cc4CC[C@H]3[C@@H]1CC[C@@H]2OC(=O)C1CCCCC1. The van der Waals surface area contributed by atoms with E-state index in [-0.39, 0.29) is 23.4 Å². The molecule has 0 bridgehead atoms. The maximum Gasteiger partial charge on any atom is 0.309 e. The minimum atomic E-state index is 0.0955. The number of fused-ring (bicyclic) bond motifs is 5. The third kappa shape index (κ3) is 2.97. The van der Waals surface area contributed by atoms with Gasteiger partial charge < -0.3 is 9.84 Å². The summed E-state index contributed by atoms with van der Waals surface area (Å²) < 4.78 is 6.22. The molecule has 0 radical (unpaired) electrons. The van der Waals surface area contributed by atoms with E-state index in [0.717, 1.165) is 32.1 Å². The van der Waals surface area contributed by atoms with Crippen molar-refractivity contribution in [1.29, 1.82) is 0 Å². The molecule has 0 spiro atoms. The van der Waals surface area contributed by atoms with Crippen LogP contribution in [0.15, 0.2) is 18.2 Å². The summed E-state index contributed by atoms with van der Waals surface area (Å²) in [5.41, 5.74) is 2.97. The fourth-order valence-electron chi connectivity index (χ4n) is 7.29. The van der Waals surface area contributed by atoms with Crippen molar-refractivity contribution in [2.45, 2.75) is 89.6 Å². The van der Waals surface area contributed by atoms with Crippen LogP contribution in [0.1, 0.15) is 88.2 Å². The Morgan fingerprint density at radius 3 is 2.71 bits per heavy atom. The molecule has 5 atom stereocenters. The molecule has 152 valence electrons. The molecule has 5 rings (SSSR count). The first-order chi connectivity index (χ1) is 13.6. The first-order valence-electron chi connectivity index (χ1n) is 11.6. The average molecular weight is 383 g/mol.